The van der Waals surface area contributed by atoms with Crippen LogP contribution in [0.2, 0.25) is 0 Å². The molecule has 1 heterocycles. The number of nitrogens with one attached hydrogen (secondary N) is 2. The van der Waals surface area contributed by atoms with Gasteiger partial charge in [-0.3, -0.25) is 9.63 Å². The molecule has 1 aliphatic heterocycles. The number of ether oxygens (including phenoxy) is 1. The lowest BCUT2D eigenvalue weighted by molar-refractivity contribution is -0.136. The summed E-state index contributed by atoms with van der Waals surface area (Å²) in [5, 5.41) is 2.99. The fraction of sp³-hybridized carbons (Fsp3) is 0.833. The molecule has 1 amide bonds. The van der Waals surface area contributed by atoms with Crippen LogP contribution in [0.15, 0.2) is 0 Å². The zero-order chi connectivity index (χ0) is 8.10. The van der Waals surface area contributed by atoms with Crippen molar-refractivity contribution in [3.8, 4) is 0 Å². The van der Waals surface area contributed by atoms with Gasteiger partial charge in [-0.1, -0.05) is 0 Å². The van der Waals surface area contributed by atoms with E-state index in [2.05, 4.69) is 15.6 Å². The van der Waals surface area contributed by atoms with Gasteiger partial charge in [0.2, 0.25) is 0 Å². The van der Waals surface area contributed by atoms with E-state index in [-0.39, 0.29) is 24.4 Å². The van der Waals surface area contributed by atoms with E-state index < -0.39 is 0 Å². The van der Waals surface area contributed by atoms with Gasteiger partial charge in [-0.25, -0.2) is 5.48 Å². The molecule has 0 unspecified atom stereocenters. The van der Waals surface area contributed by atoms with Crippen molar-refractivity contribution in [2.24, 2.45) is 0 Å². The molecule has 0 aliphatic carbocycles. The second-order valence-electron chi connectivity index (χ2n) is 2.25. The zero-order valence-electron chi connectivity index (χ0n) is 6.83. The van der Waals surface area contributed by atoms with Crippen LogP contribution in [-0.4, -0.2) is 38.8 Å². The fourth-order valence-corrected chi connectivity index (χ4v) is 0.906. The Bertz CT molecular complexity index is 139. The molecule has 1 rings (SSSR count). The summed E-state index contributed by atoms with van der Waals surface area (Å²) in [6.07, 6.45) is 0. The number of amides is 1. The highest BCUT2D eigenvalue weighted by molar-refractivity contribution is 5.85. The van der Waals surface area contributed by atoms with E-state index in [4.69, 9.17) is 4.74 Å². The molecule has 1 aliphatic rings. The summed E-state index contributed by atoms with van der Waals surface area (Å²) in [7, 11) is 1.40. The Labute approximate surface area is 77.2 Å². The Morgan fingerprint density at radius 3 is 3.00 bits per heavy atom. The molecule has 1 atom stereocenters. The van der Waals surface area contributed by atoms with E-state index in [1.54, 1.807) is 0 Å². The van der Waals surface area contributed by atoms with E-state index in [1.165, 1.54) is 7.11 Å². The number of halogens is 1. The van der Waals surface area contributed by atoms with Gasteiger partial charge >= 0.3 is 0 Å². The lowest BCUT2D eigenvalue weighted by Gasteiger charge is -2.21. The second kappa shape index (κ2) is 6.19. The van der Waals surface area contributed by atoms with Crippen LogP contribution in [0.5, 0.6) is 0 Å². The monoisotopic (exact) mass is 196 g/mol. The predicted octanol–water partition coefficient (Wildman–Crippen LogP) is -0.926. The molecule has 1 fully saturated rings. The smallest absolute Gasteiger partial charge is 0.263 e. The summed E-state index contributed by atoms with van der Waals surface area (Å²) in [5.41, 5.74) is 2.23. The van der Waals surface area contributed by atoms with E-state index in [1.807, 2.05) is 0 Å². The lowest BCUT2D eigenvalue weighted by Crippen LogP contribution is -2.50. The molecule has 0 spiro atoms. The third kappa shape index (κ3) is 3.36. The standard InChI is InChI=1S/C6H12N2O3.ClH/c1-10-8-6(9)5-4-11-3-2-7-5;/h5,7H,2-4H2,1H3,(H,8,9);1H/t5-;/m1./s1. The molecule has 0 aromatic heterocycles. The van der Waals surface area contributed by atoms with Crippen molar-refractivity contribution in [3.63, 3.8) is 0 Å². The molecular weight excluding hydrogens is 184 g/mol. The van der Waals surface area contributed by atoms with Crippen molar-refractivity contribution in [3.05, 3.63) is 0 Å². The van der Waals surface area contributed by atoms with Gasteiger partial charge in [-0.2, -0.15) is 0 Å². The highest BCUT2D eigenvalue weighted by Crippen LogP contribution is 1.92. The van der Waals surface area contributed by atoms with Crippen LogP contribution in [-0.2, 0) is 14.4 Å². The molecule has 0 bridgehead atoms. The normalized spacial score (nSPS) is 22.6. The summed E-state index contributed by atoms with van der Waals surface area (Å²) in [5.74, 6) is -0.188. The van der Waals surface area contributed by atoms with Crippen molar-refractivity contribution in [2.45, 2.75) is 6.04 Å². The summed E-state index contributed by atoms with van der Waals surface area (Å²) in [4.78, 5) is 15.5. The third-order valence-corrected chi connectivity index (χ3v) is 1.44. The van der Waals surface area contributed by atoms with Crippen molar-refractivity contribution >= 4 is 18.3 Å². The average molecular weight is 197 g/mol. The highest BCUT2D eigenvalue weighted by Gasteiger charge is 2.20. The molecule has 72 valence electrons. The average Bonchev–Trinajstić information content (AvgIpc) is 2.07. The van der Waals surface area contributed by atoms with Crippen molar-refractivity contribution < 1.29 is 14.4 Å². The van der Waals surface area contributed by atoms with Crippen LogP contribution in [0.1, 0.15) is 0 Å². The molecule has 1 saturated heterocycles. The Balaban J connectivity index is 0.00000121. The van der Waals surface area contributed by atoms with Crippen LogP contribution in [0.25, 0.3) is 0 Å². The molecule has 0 aromatic rings. The van der Waals surface area contributed by atoms with Gasteiger partial charge in [0.25, 0.3) is 5.91 Å². The Kier molecular flexibility index (Phi) is 6.00. The van der Waals surface area contributed by atoms with Gasteiger partial charge < -0.3 is 10.1 Å². The topological polar surface area (TPSA) is 59.6 Å². The van der Waals surface area contributed by atoms with Crippen LogP contribution in [0, 0.1) is 0 Å². The van der Waals surface area contributed by atoms with E-state index in [0.29, 0.717) is 19.8 Å². The van der Waals surface area contributed by atoms with E-state index >= 15 is 0 Å². The van der Waals surface area contributed by atoms with Gasteiger partial charge in [0.05, 0.1) is 20.3 Å². The first kappa shape index (κ1) is 11.6. The van der Waals surface area contributed by atoms with Crippen LogP contribution < -0.4 is 10.8 Å². The Morgan fingerprint density at radius 1 is 1.75 bits per heavy atom. The molecule has 2 N–H and O–H groups in total. The third-order valence-electron chi connectivity index (χ3n) is 1.44. The summed E-state index contributed by atoms with van der Waals surface area (Å²) in [6, 6.07) is -0.274. The van der Waals surface area contributed by atoms with Gasteiger partial charge in [0.15, 0.2) is 0 Å². The minimum Gasteiger partial charge on any atom is -0.378 e. The van der Waals surface area contributed by atoms with Crippen LogP contribution in [0.3, 0.4) is 0 Å². The van der Waals surface area contributed by atoms with Crippen molar-refractivity contribution in [1.82, 2.24) is 10.8 Å². The van der Waals surface area contributed by atoms with Crippen LogP contribution >= 0.6 is 12.4 Å². The molecule has 12 heavy (non-hydrogen) atoms. The molecule has 0 radical (unpaired) electrons. The first-order valence-corrected chi connectivity index (χ1v) is 3.48. The van der Waals surface area contributed by atoms with Crippen molar-refractivity contribution in [1.29, 1.82) is 0 Å². The van der Waals surface area contributed by atoms with Gasteiger partial charge in [0, 0.05) is 6.54 Å². The van der Waals surface area contributed by atoms with Gasteiger partial charge in [-0.15, -0.1) is 12.4 Å². The number of hydroxylamine groups is 1. The second-order valence-corrected chi connectivity index (χ2v) is 2.25. The minimum absolute atomic E-state index is 0. The number of carbonyl (C=O) groups excluding carboxylic acids is 1. The number of carbonyl (C=O) groups is 1. The molecular formula is C6H13ClN2O3. The molecule has 6 heteroatoms. The molecule has 0 aromatic carbocycles. The largest absolute Gasteiger partial charge is 0.378 e. The SMILES string of the molecule is CONC(=O)[C@H]1COCCN1.Cl. The van der Waals surface area contributed by atoms with E-state index in [9.17, 15) is 4.79 Å². The maximum Gasteiger partial charge on any atom is 0.263 e. The van der Waals surface area contributed by atoms with Crippen LogP contribution in [0.4, 0.5) is 0 Å². The number of morpholine rings is 1. The first-order valence-electron chi connectivity index (χ1n) is 3.48. The highest BCUT2D eigenvalue weighted by atomic mass is 35.5. The number of hydrogen-bond donors (Lipinski definition) is 2. The Morgan fingerprint density at radius 2 is 2.50 bits per heavy atom. The van der Waals surface area contributed by atoms with Crippen molar-refractivity contribution in [2.75, 3.05) is 26.9 Å². The summed E-state index contributed by atoms with van der Waals surface area (Å²) in [6.45, 7) is 1.79. The van der Waals surface area contributed by atoms with Gasteiger partial charge in [-0.05, 0) is 0 Å². The zero-order valence-corrected chi connectivity index (χ0v) is 7.65. The minimum atomic E-state index is -0.274. The molecule has 0 saturated carbocycles. The maximum absolute atomic E-state index is 11.0. The van der Waals surface area contributed by atoms with E-state index in [0.717, 1.165) is 0 Å². The van der Waals surface area contributed by atoms with Gasteiger partial charge in [0.1, 0.15) is 6.04 Å². The quantitative estimate of drug-likeness (QED) is 0.561. The molecule has 5 nitrogen and oxygen atoms in total. The first-order chi connectivity index (χ1) is 5.34. The number of hydrogen-bond acceptors (Lipinski definition) is 4. The summed E-state index contributed by atoms with van der Waals surface area (Å²) >= 11 is 0. The predicted molar refractivity (Wildman–Crippen MR) is 45.0 cm³/mol. The summed E-state index contributed by atoms with van der Waals surface area (Å²) < 4.78 is 5.07. The lowest BCUT2D eigenvalue weighted by atomic mass is 10.3. The number of rotatable bonds is 2. The Hall–Kier alpha value is -0.360. The fourth-order valence-electron chi connectivity index (χ4n) is 0.906. The maximum atomic E-state index is 11.0.